The Labute approximate surface area is 148 Å². The van der Waals surface area contributed by atoms with Gasteiger partial charge < -0.3 is 20.6 Å². The van der Waals surface area contributed by atoms with Crippen LogP contribution in [0.3, 0.4) is 0 Å². The molecule has 0 radical (unpaired) electrons. The van der Waals surface area contributed by atoms with Crippen molar-refractivity contribution in [3.05, 3.63) is 58.7 Å². The Hall–Kier alpha value is -2.53. The van der Waals surface area contributed by atoms with Crippen LogP contribution in [0.5, 0.6) is 0 Å². The zero-order valence-electron chi connectivity index (χ0n) is 15.0. The van der Waals surface area contributed by atoms with Crippen molar-refractivity contribution in [2.75, 3.05) is 30.4 Å². The molecule has 1 heterocycles. The van der Waals surface area contributed by atoms with Crippen LogP contribution in [0.25, 0.3) is 0 Å². The lowest BCUT2D eigenvalue weighted by molar-refractivity contribution is 0.175. The molecule has 2 aromatic rings. The van der Waals surface area contributed by atoms with E-state index in [1.54, 1.807) is 0 Å². The highest BCUT2D eigenvalue weighted by molar-refractivity contribution is 5.89. The zero-order valence-corrected chi connectivity index (χ0v) is 15.0. The first-order chi connectivity index (χ1) is 11.9. The molecular formula is C20H25N3O2. The van der Waals surface area contributed by atoms with Crippen LogP contribution < -0.4 is 15.5 Å². The van der Waals surface area contributed by atoms with Crippen LogP contribution in [-0.2, 0) is 6.42 Å². The molecule has 5 nitrogen and oxygen atoms in total. The standard InChI is InChI=1S/C20H25N3O2/c1-13-4-6-17(10-14(13)2)22-20(25)21-12-19(24)16-5-7-18-15(11-16)8-9-23(18)3/h4-7,10-11,19,24H,8-9,12H2,1-3H3,(H2,21,22,25)/t19-/m1/s1. The normalized spacial score (nSPS) is 14.2. The Kier molecular flexibility index (Phi) is 4.95. The van der Waals surface area contributed by atoms with Crippen molar-refractivity contribution in [2.24, 2.45) is 0 Å². The predicted octanol–water partition coefficient (Wildman–Crippen LogP) is 3.15. The van der Waals surface area contributed by atoms with E-state index in [0.29, 0.717) is 0 Å². The molecule has 0 spiro atoms. The molecule has 0 aromatic heterocycles. The van der Waals surface area contributed by atoms with Crippen LogP contribution in [0.15, 0.2) is 36.4 Å². The fourth-order valence-electron chi connectivity index (χ4n) is 3.10. The second-order valence-electron chi connectivity index (χ2n) is 6.71. The molecule has 3 N–H and O–H groups in total. The van der Waals surface area contributed by atoms with Gasteiger partial charge in [-0.25, -0.2) is 4.79 Å². The quantitative estimate of drug-likeness (QED) is 0.802. The number of anilines is 2. The monoisotopic (exact) mass is 339 g/mol. The van der Waals surface area contributed by atoms with Gasteiger partial charge in [0.2, 0.25) is 0 Å². The highest BCUT2D eigenvalue weighted by Gasteiger charge is 2.18. The van der Waals surface area contributed by atoms with E-state index in [1.807, 2.05) is 50.2 Å². The van der Waals surface area contributed by atoms with Crippen LogP contribution in [0.4, 0.5) is 16.2 Å². The summed E-state index contributed by atoms with van der Waals surface area (Å²) in [5.74, 6) is 0. The minimum Gasteiger partial charge on any atom is -0.387 e. The van der Waals surface area contributed by atoms with Crippen molar-refractivity contribution >= 4 is 17.4 Å². The fraction of sp³-hybridized carbons (Fsp3) is 0.350. The number of likely N-dealkylation sites (N-methyl/N-ethyl adjacent to an activating group) is 1. The number of aliphatic hydroxyl groups is 1. The number of benzene rings is 2. The summed E-state index contributed by atoms with van der Waals surface area (Å²) in [7, 11) is 2.07. The van der Waals surface area contributed by atoms with Crippen LogP contribution in [0.2, 0.25) is 0 Å². The van der Waals surface area contributed by atoms with E-state index in [4.69, 9.17) is 0 Å². The molecule has 132 valence electrons. The SMILES string of the molecule is Cc1ccc(NC(=O)NC[C@@H](O)c2ccc3c(c2)CCN3C)cc1C. The molecule has 1 atom stereocenters. The summed E-state index contributed by atoms with van der Waals surface area (Å²) in [6.45, 7) is 5.22. The van der Waals surface area contributed by atoms with Crippen molar-refractivity contribution in [3.8, 4) is 0 Å². The third-order valence-corrected chi connectivity index (χ3v) is 4.84. The van der Waals surface area contributed by atoms with Gasteiger partial charge in [-0.15, -0.1) is 0 Å². The van der Waals surface area contributed by atoms with Gasteiger partial charge in [-0.05, 0) is 60.7 Å². The van der Waals surface area contributed by atoms with Crippen LogP contribution in [-0.4, -0.2) is 31.3 Å². The third-order valence-electron chi connectivity index (χ3n) is 4.84. The van der Waals surface area contributed by atoms with Crippen molar-refractivity contribution < 1.29 is 9.90 Å². The Morgan fingerprint density at radius 1 is 1.20 bits per heavy atom. The Morgan fingerprint density at radius 2 is 2.00 bits per heavy atom. The van der Waals surface area contributed by atoms with Crippen molar-refractivity contribution in [1.29, 1.82) is 0 Å². The maximum atomic E-state index is 12.0. The highest BCUT2D eigenvalue weighted by Crippen LogP contribution is 2.29. The number of hydrogen-bond donors (Lipinski definition) is 3. The molecule has 0 bridgehead atoms. The average Bonchev–Trinajstić information content (AvgIpc) is 2.96. The number of aliphatic hydroxyl groups excluding tert-OH is 1. The number of nitrogens with one attached hydrogen (secondary N) is 2. The number of urea groups is 1. The van der Waals surface area contributed by atoms with Crippen LogP contribution >= 0.6 is 0 Å². The third kappa shape index (κ3) is 3.94. The van der Waals surface area contributed by atoms with E-state index in [9.17, 15) is 9.90 Å². The summed E-state index contributed by atoms with van der Waals surface area (Å²) < 4.78 is 0. The maximum absolute atomic E-state index is 12.0. The van der Waals surface area contributed by atoms with Gasteiger partial charge in [0.1, 0.15) is 0 Å². The van der Waals surface area contributed by atoms with Gasteiger partial charge in [0.15, 0.2) is 0 Å². The minimum absolute atomic E-state index is 0.172. The van der Waals surface area contributed by atoms with Gasteiger partial charge >= 0.3 is 6.03 Å². The van der Waals surface area contributed by atoms with E-state index >= 15 is 0 Å². The molecule has 2 aromatic carbocycles. The average molecular weight is 339 g/mol. The second-order valence-corrected chi connectivity index (χ2v) is 6.71. The van der Waals surface area contributed by atoms with Gasteiger partial charge in [-0.1, -0.05) is 18.2 Å². The number of aryl methyl sites for hydroxylation is 2. The summed E-state index contributed by atoms with van der Waals surface area (Å²) in [6.07, 6.45) is 0.272. The van der Waals surface area contributed by atoms with E-state index in [1.165, 1.54) is 16.8 Å². The lowest BCUT2D eigenvalue weighted by atomic mass is 10.0. The number of carbonyl (C=O) groups is 1. The lowest BCUT2D eigenvalue weighted by Crippen LogP contribution is -2.32. The van der Waals surface area contributed by atoms with Crippen LogP contribution in [0, 0.1) is 13.8 Å². The molecule has 2 amide bonds. The van der Waals surface area contributed by atoms with Gasteiger partial charge in [-0.2, -0.15) is 0 Å². The zero-order chi connectivity index (χ0) is 18.0. The molecule has 1 aliphatic heterocycles. The maximum Gasteiger partial charge on any atom is 0.319 e. The van der Waals surface area contributed by atoms with Gasteiger partial charge in [-0.3, -0.25) is 0 Å². The predicted molar refractivity (Wildman–Crippen MR) is 101 cm³/mol. The Balaban J connectivity index is 1.56. The molecule has 1 aliphatic rings. The van der Waals surface area contributed by atoms with E-state index in [-0.39, 0.29) is 12.6 Å². The molecular weight excluding hydrogens is 314 g/mol. The smallest absolute Gasteiger partial charge is 0.319 e. The molecule has 3 rings (SSSR count). The molecule has 0 aliphatic carbocycles. The van der Waals surface area contributed by atoms with Gasteiger partial charge in [0.05, 0.1) is 6.10 Å². The first kappa shape index (κ1) is 17.3. The molecule has 0 saturated heterocycles. The van der Waals surface area contributed by atoms with Gasteiger partial charge in [0.25, 0.3) is 0 Å². The number of hydrogen-bond acceptors (Lipinski definition) is 3. The van der Waals surface area contributed by atoms with E-state index in [2.05, 4.69) is 22.6 Å². The Morgan fingerprint density at radius 3 is 2.76 bits per heavy atom. The van der Waals surface area contributed by atoms with Crippen molar-refractivity contribution in [2.45, 2.75) is 26.4 Å². The van der Waals surface area contributed by atoms with E-state index < -0.39 is 6.10 Å². The minimum atomic E-state index is -0.721. The summed E-state index contributed by atoms with van der Waals surface area (Å²) in [5.41, 5.74) is 6.36. The number of carbonyl (C=O) groups excluding carboxylic acids is 1. The first-order valence-electron chi connectivity index (χ1n) is 8.58. The second kappa shape index (κ2) is 7.15. The van der Waals surface area contributed by atoms with Crippen molar-refractivity contribution in [1.82, 2.24) is 5.32 Å². The molecule has 5 heteroatoms. The Bertz CT molecular complexity index is 789. The summed E-state index contributed by atoms with van der Waals surface area (Å²) in [5, 5.41) is 15.9. The largest absolute Gasteiger partial charge is 0.387 e. The summed E-state index contributed by atoms with van der Waals surface area (Å²) in [6, 6.07) is 11.5. The number of nitrogens with zero attached hydrogens (tertiary/aromatic N) is 1. The van der Waals surface area contributed by atoms with Gasteiger partial charge in [0, 0.05) is 31.5 Å². The lowest BCUT2D eigenvalue weighted by Gasteiger charge is -2.16. The number of amides is 2. The highest BCUT2D eigenvalue weighted by atomic mass is 16.3. The fourth-order valence-corrected chi connectivity index (χ4v) is 3.10. The number of rotatable bonds is 4. The topological polar surface area (TPSA) is 64.6 Å². The molecule has 25 heavy (non-hydrogen) atoms. The summed E-state index contributed by atoms with van der Waals surface area (Å²) in [4.78, 5) is 14.2. The number of fused-ring (bicyclic) bond motifs is 1. The molecule has 0 fully saturated rings. The first-order valence-corrected chi connectivity index (χ1v) is 8.58. The molecule has 0 saturated carbocycles. The van der Waals surface area contributed by atoms with Crippen LogP contribution in [0.1, 0.15) is 28.4 Å². The van der Waals surface area contributed by atoms with Crippen molar-refractivity contribution in [3.63, 3.8) is 0 Å². The van der Waals surface area contributed by atoms with E-state index in [0.717, 1.165) is 29.8 Å². The summed E-state index contributed by atoms with van der Waals surface area (Å²) >= 11 is 0. The molecule has 0 unspecified atom stereocenters.